The summed E-state index contributed by atoms with van der Waals surface area (Å²) in [6.45, 7) is 4.62. The summed E-state index contributed by atoms with van der Waals surface area (Å²) in [4.78, 5) is 26.9. The zero-order valence-electron chi connectivity index (χ0n) is 20.9. The van der Waals surface area contributed by atoms with Crippen LogP contribution in [0.5, 0.6) is 5.75 Å². The Hall–Kier alpha value is -3.15. The maximum absolute atomic E-state index is 12.5. The SMILES string of the molecule is Cc1c(OCc2cnco2)ccc2c1CCN(C[C@@H](O)CNC(=O)c1cc(NC3CCC3)ncn1)C2.S. The standard InChI is InChI=1S/C26H32N6O4.H2S/c1-17-22-7-8-32(12-18(22)5-6-24(17)35-14-21-11-27-16-36-21)13-20(33)10-28-26(34)23-9-25(30-15-29-23)31-19-3-2-4-19;/h5-6,9,11,15-16,19-20,33H,2-4,7-8,10,12-14H2,1H3,(H,28,34)(H,29,30,31);1H2/t20-;/m0./s1. The van der Waals surface area contributed by atoms with Crippen molar-refractivity contribution in [2.24, 2.45) is 0 Å². The van der Waals surface area contributed by atoms with Crippen molar-refractivity contribution < 1.29 is 19.1 Å². The minimum Gasteiger partial charge on any atom is -0.485 e. The predicted octanol–water partition coefficient (Wildman–Crippen LogP) is 2.58. The maximum Gasteiger partial charge on any atom is 0.270 e. The molecule has 0 saturated heterocycles. The van der Waals surface area contributed by atoms with E-state index in [9.17, 15) is 9.90 Å². The van der Waals surface area contributed by atoms with Crippen LogP contribution in [0, 0.1) is 6.92 Å². The molecule has 1 atom stereocenters. The fourth-order valence-electron chi connectivity index (χ4n) is 4.64. The van der Waals surface area contributed by atoms with Gasteiger partial charge in [0, 0.05) is 38.3 Å². The number of carbonyl (C=O) groups is 1. The highest BCUT2D eigenvalue weighted by molar-refractivity contribution is 7.59. The van der Waals surface area contributed by atoms with Gasteiger partial charge in [-0.3, -0.25) is 9.69 Å². The van der Waals surface area contributed by atoms with Crippen molar-refractivity contribution in [2.75, 3.05) is 25.0 Å². The third kappa shape index (κ3) is 6.79. The van der Waals surface area contributed by atoms with Gasteiger partial charge >= 0.3 is 0 Å². The number of hydrogen-bond acceptors (Lipinski definition) is 9. The van der Waals surface area contributed by atoms with E-state index >= 15 is 0 Å². The highest BCUT2D eigenvalue weighted by Gasteiger charge is 2.22. The summed E-state index contributed by atoms with van der Waals surface area (Å²) in [5.74, 6) is 1.88. The fourth-order valence-corrected chi connectivity index (χ4v) is 4.64. The predicted molar refractivity (Wildman–Crippen MR) is 143 cm³/mol. The van der Waals surface area contributed by atoms with Gasteiger partial charge in [-0.15, -0.1) is 0 Å². The summed E-state index contributed by atoms with van der Waals surface area (Å²) < 4.78 is 11.2. The number of benzene rings is 1. The van der Waals surface area contributed by atoms with Crippen molar-refractivity contribution in [3.8, 4) is 5.75 Å². The Morgan fingerprint density at radius 2 is 2.19 bits per heavy atom. The smallest absolute Gasteiger partial charge is 0.270 e. The van der Waals surface area contributed by atoms with Crippen LogP contribution < -0.4 is 15.4 Å². The number of aliphatic hydroxyl groups excluding tert-OH is 1. The van der Waals surface area contributed by atoms with Crippen LogP contribution in [0.1, 0.15) is 52.2 Å². The van der Waals surface area contributed by atoms with Crippen LogP contribution in [0.3, 0.4) is 0 Å². The first-order valence-corrected chi connectivity index (χ1v) is 12.4. The summed E-state index contributed by atoms with van der Waals surface area (Å²) in [5.41, 5.74) is 3.95. The van der Waals surface area contributed by atoms with Gasteiger partial charge in [-0.05, 0) is 55.4 Å². The first-order chi connectivity index (χ1) is 17.5. The number of rotatable bonds is 10. The van der Waals surface area contributed by atoms with Crippen molar-refractivity contribution in [3.63, 3.8) is 0 Å². The van der Waals surface area contributed by atoms with Gasteiger partial charge in [-0.25, -0.2) is 15.0 Å². The lowest BCUT2D eigenvalue weighted by Gasteiger charge is -2.31. The van der Waals surface area contributed by atoms with Gasteiger partial charge in [0.05, 0.1) is 12.3 Å². The molecule has 198 valence electrons. The molecule has 0 unspecified atom stereocenters. The lowest BCUT2D eigenvalue weighted by molar-refractivity contribution is 0.0837. The number of ether oxygens (including phenoxy) is 1. The van der Waals surface area contributed by atoms with E-state index in [1.54, 1.807) is 12.3 Å². The fraction of sp³-hybridized carbons (Fsp3) is 0.462. The second-order valence-corrected chi connectivity index (χ2v) is 9.49. The van der Waals surface area contributed by atoms with E-state index in [0.29, 0.717) is 36.5 Å². The second kappa shape index (κ2) is 12.4. The topological polar surface area (TPSA) is 126 Å². The summed E-state index contributed by atoms with van der Waals surface area (Å²) >= 11 is 0. The number of fused-ring (bicyclic) bond motifs is 1. The van der Waals surface area contributed by atoms with Crippen LogP contribution in [-0.2, 0) is 19.6 Å². The minimum atomic E-state index is -0.685. The monoisotopic (exact) mass is 526 g/mol. The van der Waals surface area contributed by atoms with Gasteiger partial charge in [0.1, 0.15) is 30.2 Å². The van der Waals surface area contributed by atoms with E-state index < -0.39 is 6.10 Å². The molecule has 0 bridgehead atoms. The molecule has 3 heterocycles. The molecule has 11 heteroatoms. The van der Waals surface area contributed by atoms with Crippen molar-refractivity contribution in [3.05, 3.63) is 65.3 Å². The normalized spacial score (nSPS) is 16.2. The molecular weight excluding hydrogens is 492 g/mol. The second-order valence-electron chi connectivity index (χ2n) is 9.49. The number of anilines is 1. The summed E-state index contributed by atoms with van der Waals surface area (Å²) in [6.07, 6.45) is 8.09. The number of amides is 1. The van der Waals surface area contributed by atoms with Gasteiger partial charge in [0.15, 0.2) is 12.2 Å². The quantitative estimate of drug-likeness (QED) is 0.365. The molecule has 1 aromatic carbocycles. The third-order valence-electron chi connectivity index (χ3n) is 6.90. The Morgan fingerprint density at radius 3 is 2.95 bits per heavy atom. The van der Waals surface area contributed by atoms with Crippen LogP contribution in [-0.4, -0.2) is 62.6 Å². The van der Waals surface area contributed by atoms with E-state index in [1.165, 1.54) is 30.3 Å². The third-order valence-corrected chi connectivity index (χ3v) is 6.90. The highest BCUT2D eigenvalue weighted by Crippen LogP contribution is 2.30. The Kier molecular flexibility index (Phi) is 9.01. The van der Waals surface area contributed by atoms with E-state index in [0.717, 1.165) is 43.7 Å². The molecule has 1 aliphatic heterocycles. The van der Waals surface area contributed by atoms with Crippen molar-refractivity contribution in [1.29, 1.82) is 0 Å². The summed E-state index contributed by atoms with van der Waals surface area (Å²) in [7, 11) is 0. The van der Waals surface area contributed by atoms with Crippen LogP contribution in [0.2, 0.25) is 0 Å². The molecule has 3 aromatic rings. The molecule has 1 fully saturated rings. The number of carbonyl (C=O) groups excluding carboxylic acids is 1. The molecule has 3 N–H and O–H groups in total. The van der Waals surface area contributed by atoms with E-state index in [4.69, 9.17) is 9.15 Å². The molecule has 2 aliphatic rings. The molecule has 37 heavy (non-hydrogen) atoms. The van der Waals surface area contributed by atoms with Crippen molar-refractivity contribution in [1.82, 2.24) is 25.2 Å². The van der Waals surface area contributed by atoms with E-state index in [2.05, 4.69) is 43.5 Å². The molecule has 2 aromatic heterocycles. The average molecular weight is 527 g/mol. The lowest BCUT2D eigenvalue weighted by atomic mass is 9.93. The van der Waals surface area contributed by atoms with Gasteiger partial charge in [-0.1, -0.05) is 6.07 Å². The van der Waals surface area contributed by atoms with Crippen LogP contribution in [0.15, 0.2) is 41.5 Å². The van der Waals surface area contributed by atoms with Crippen molar-refractivity contribution >= 4 is 25.2 Å². The maximum atomic E-state index is 12.5. The molecule has 1 saturated carbocycles. The Bertz CT molecular complexity index is 1190. The largest absolute Gasteiger partial charge is 0.485 e. The zero-order valence-corrected chi connectivity index (χ0v) is 21.9. The van der Waals surface area contributed by atoms with E-state index in [-0.39, 0.29) is 25.9 Å². The Labute approximate surface area is 223 Å². The van der Waals surface area contributed by atoms with Crippen LogP contribution >= 0.6 is 13.5 Å². The highest BCUT2D eigenvalue weighted by atomic mass is 32.1. The molecule has 0 radical (unpaired) electrons. The summed E-state index contributed by atoms with van der Waals surface area (Å²) in [6, 6.07) is 6.16. The molecule has 0 spiro atoms. The Balaban J connectivity index is 0.00000320. The molecule has 1 amide bonds. The number of β-amino-alcohol motifs (C(OH)–C–C–N with tert-alkyl or cyclic N) is 1. The number of hydrogen-bond donors (Lipinski definition) is 3. The molecule has 1 aliphatic carbocycles. The van der Waals surface area contributed by atoms with Gasteiger partial charge in [0.25, 0.3) is 5.91 Å². The van der Waals surface area contributed by atoms with E-state index in [1.807, 2.05) is 6.07 Å². The van der Waals surface area contributed by atoms with Gasteiger partial charge in [0.2, 0.25) is 0 Å². The number of nitrogens with zero attached hydrogens (tertiary/aromatic N) is 4. The minimum absolute atomic E-state index is 0. The van der Waals surface area contributed by atoms with Crippen LogP contribution in [0.4, 0.5) is 5.82 Å². The molecule has 10 nitrogen and oxygen atoms in total. The Morgan fingerprint density at radius 1 is 1.32 bits per heavy atom. The number of oxazole rings is 1. The molecule has 5 rings (SSSR count). The molecular formula is C26H34N6O4S. The van der Waals surface area contributed by atoms with Crippen molar-refractivity contribution in [2.45, 2.75) is 57.9 Å². The first kappa shape index (κ1) is 26.9. The number of aliphatic hydroxyl groups is 1. The zero-order chi connectivity index (χ0) is 24.9. The average Bonchev–Trinajstić information content (AvgIpc) is 3.38. The number of aromatic nitrogens is 3. The first-order valence-electron chi connectivity index (χ1n) is 12.4. The van der Waals surface area contributed by atoms with Gasteiger partial charge < -0.3 is 24.9 Å². The lowest BCUT2D eigenvalue weighted by Crippen LogP contribution is -2.42. The van der Waals surface area contributed by atoms with Crippen LogP contribution in [0.25, 0.3) is 0 Å². The summed E-state index contributed by atoms with van der Waals surface area (Å²) in [5, 5.41) is 16.7. The number of nitrogens with one attached hydrogen (secondary N) is 2. The van der Waals surface area contributed by atoms with Gasteiger partial charge in [-0.2, -0.15) is 13.5 Å².